The fourth-order valence-electron chi connectivity index (χ4n) is 2.94. The highest BCUT2D eigenvalue weighted by Crippen LogP contribution is 2.38. The van der Waals surface area contributed by atoms with E-state index in [1.54, 1.807) is 5.57 Å². The van der Waals surface area contributed by atoms with Gasteiger partial charge < -0.3 is 0 Å². The average molecular weight is 210 g/mol. The number of hydrogen-bond acceptors (Lipinski definition) is 0. The molecule has 3 rings (SSSR count). The zero-order valence-corrected chi connectivity index (χ0v) is 10.1. The topological polar surface area (TPSA) is 0 Å². The first kappa shape index (κ1) is 9.89. The highest BCUT2D eigenvalue weighted by Gasteiger charge is 2.20. The van der Waals surface area contributed by atoms with Gasteiger partial charge in [-0.15, -0.1) is 0 Å². The minimum absolute atomic E-state index is 0.728. The molecule has 1 unspecified atom stereocenters. The molecule has 0 saturated carbocycles. The van der Waals surface area contributed by atoms with Crippen molar-refractivity contribution < 1.29 is 0 Å². The van der Waals surface area contributed by atoms with Gasteiger partial charge in [0.1, 0.15) is 0 Å². The second-order valence-electron chi connectivity index (χ2n) is 5.22. The average Bonchev–Trinajstić information content (AvgIpc) is 2.28. The van der Waals surface area contributed by atoms with Crippen LogP contribution in [0.5, 0.6) is 0 Å². The molecule has 0 aromatic heterocycles. The van der Waals surface area contributed by atoms with Crippen LogP contribution in [0.3, 0.4) is 0 Å². The number of aryl methyl sites for hydroxylation is 2. The van der Waals surface area contributed by atoms with Crippen molar-refractivity contribution in [3.63, 3.8) is 0 Å². The third-order valence-electron chi connectivity index (χ3n) is 3.79. The molecule has 2 aliphatic rings. The molecule has 0 N–H and O–H groups in total. The lowest BCUT2D eigenvalue weighted by atomic mass is 9.78. The molecule has 0 bridgehead atoms. The maximum absolute atomic E-state index is 2.35. The quantitative estimate of drug-likeness (QED) is 0.599. The number of benzene rings is 1. The predicted octanol–water partition coefficient (Wildman–Crippen LogP) is 4.29. The third kappa shape index (κ3) is 1.53. The van der Waals surface area contributed by atoms with Crippen LogP contribution in [0, 0.1) is 12.8 Å². The second kappa shape index (κ2) is 3.62. The van der Waals surface area contributed by atoms with Crippen LogP contribution in [0.4, 0.5) is 0 Å². The van der Waals surface area contributed by atoms with Gasteiger partial charge in [0.25, 0.3) is 0 Å². The van der Waals surface area contributed by atoms with E-state index in [2.05, 4.69) is 44.2 Å². The molecular formula is C16H18. The van der Waals surface area contributed by atoms with Crippen LogP contribution in [0.15, 0.2) is 35.9 Å². The molecule has 0 heteroatoms. The largest absolute Gasteiger partial charge is 0.0808 e. The van der Waals surface area contributed by atoms with Gasteiger partial charge >= 0.3 is 0 Å². The third-order valence-corrected chi connectivity index (χ3v) is 3.79. The lowest BCUT2D eigenvalue weighted by Gasteiger charge is -2.26. The summed E-state index contributed by atoms with van der Waals surface area (Å²) in [5.41, 5.74) is 7.59. The summed E-state index contributed by atoms with van der Waals surface area (Å²) in [5, 5.41) is 0. The predicted molar refractivity (Wildman–Crippen MR) is 69.3 cm³/mol. The minimum atomic E-state index is 0.728. The fraction of sp³-hybridized carbons (Fsp3) is 0.375. The van der Waals surface area contributed by atoms with E-state index in [1.807, 2.05) is 0 Å². The van der Waals surface area contributed by atoms with Crippen molar-refractivity contribution in [2.75, 3.05) is 0 Å². The van der Waals surface area contributed by atoms with Gasteiger partial charge in [-0.25, -0.2) is 0 Å². The van der Waals surface area contributed by atoms with Crippen molar-refractivity contribution in [1.29, 1.82) is 0 Å². The van der Waals surface area contributed by atoms with Gasteiger partial charge in [-0.05, 0) is 48.8 Å². The first-order valence-corrected chi connectivity index (χ1v) is 6.24. The Morgan fingerprint density at radius 2 is 2.06 bits per heavy atom. The molecular weight excluding hydrogens is 192 g/mol. The summed E-state index contributed by atoms with van der Waals surface area (Å²) in [4.78, 5) is 0. The second-order valence-corrected chi connectivity index (χ2v) is 5.22. The van der Waals surface area contributed by atoms with Gasteiger partial charge in [-0.1, -0.05) is 48.4 Å². The van der Waals surface area contributed by atoms with Gasteiger partial charge in [0, 0.05) is 0 Å². The molecule has 1 atom stereocenters. The van der Waals surface area contributed by atoms with Gasteiger partial charge in [0.05, 0.1) is 0 Å². The van der Waals surface area contributed by atoms with Gasteiger partial charge in [-0.3, -0.25) is 0 Å². The number of allylic oxidation sites excluding steroid dienone is 4. The summed E-state index contributed by atoms with van der Waals surface area (Å²) < 4.78 is 0. The van der Waals surface area contributed by atoms with Crippen LogP contribution in [-0.2, 0) is 6.42 Å². The number of fused-ring (bicyclic) bond motifs is 2. The number of hydrogen-bond donors (Lipinski definition) is 0. The zero-order valence-electron chi connectivity index (χ0n) is 10.1. The SMILES string of the molecule is Cc1ccc2c(c1)CCC1=C2C=CC(C)C1. The highest BCUT2D eigenvalue weighted by molar-refractivity contribution is 5.81. The van der Waals surface area contributed by atoms with Crippen molar-refractivity contribution in [1.82, 2.24) is 0 Å². The Morgan fingerprint density at radius 1 is 1.19 bits per heavy atom. The summed E-state index contributed by atoms with van der Waals surface area (Å²) in [6.45, 7) is 4.49. The van der Waals surface area contributed by atoms with Crippen molar-refractivity contribution in [3.8, 4) is 0 Å². The van der Waals surface area contributed by atoms with Crippen LogP contribution in [0.1, 0.15) is 36.5 Å². The van der Waals surface area contributed by atoms with E-state index in [-0.39, 0.29) is 0 Å². The van der Waals surface area contributed by atoms with E-state index in [1.165, 1.54) is 41.5 Å². The molecule has 16 heavy (non-hydrogen) atoms. The van der Waals surface area contributed by atoms with Crippen LogP contribution < -0.4 is 0 Å². The summed E-state index contributed by atoms with van der Waals surface area (Å²) in [6, 6.07) is 6.89. The highest BCUT2D eigenvalue weighted by atomic mass is 14.2. The molecule has 82 valence electrons. The van der Waals surface area contributed by atoms with E-state index in [4.69, 9.17) is 0 Å². The van der Waals surface area contributed by atoms with Gasteiger partial charge in [0.2, 0.25) is 0 Å². The Balaban J connectivity index is 2.11. The zero-order chi connectivity index (χ0) is 11.1. The monoisotopic (exact) mass is 210 g/mol. The van der Waals surface area contributed by atoms with E-state index in [0.29, 0.717) is 0 Å². The Morgan fingerprint density at radius 3 is 2.94 bits per heavy atom. The molecule has 1 aromatic rings. The maximum atomic E-state index is 2.35. The molecule has 0 nitrogen and oxygen atoms in total. The van der Waals surface area contributed by atoms with Crippen LogP contribution in [0.2, 0.25) is 0 Å². The van der Waals surface area contributed by atoms with E-state index >= 15 is 0 Å². The van der Waals surface area contributed by atoms with Gasteiger partial charge in [0.15, 0.2) is 0 Å². The molecule has 1 aromatic carbocycles. The van der Waals surface area contributed by atoms with E-state index < -0.39 is 0 Å². The smallest absolute Gasteiger partial charge is 0.0152 e. The lowest BCUT2D eigenvalue weighted by Crippen LogP contribution is -2.09. The lowest BCUT2D eigenvalue weighted by molar-refractivity contribution is 0.676. The van der Waals surface area contributed by atoms with E-state index in [9.17, 15) is 0 Å². The van der Waals surface area contributed by atoms with Crippen LogP contribution in [0.25, 0.3) is 5.57 Å². The molecule has 0 heterocycles. The Bertz CT molecular complexity index is 489. The Kier molecular flexibility index (Phi) is 2.24. The van der Waals surface area contributed by atoms with Crippen LogP contribution in [-0.4, -0.2) is 0 Å². The van der Waals surface area contributed by atoms with E-state index in [0.717, 1.165) is 5.92 Å². The molecule has 0 fully saturated rings. The normalized spacial score (nSPS) is 23.0. The summed E-state index contributed by atoms with van der Waals surface area (Å²) in [6.07, 6.45) is 8.46. The van der Waals surface area contributed by atoms with Gasteiger partial charge in [-0.2, -0.15) is 0 Å². The number of rotatable bonds is 0. The summed E-state index contributed by atoms with van der Waals surface area (Å²) in [7, 11) is 0. The molecule has 0 aliphatic heterocycles. The maximum Gasteiger partial charge on any atom is -0.0152 e. The molecule has 0 saturated heterocycles. The van der Waals surface area contributed by atoms with Crippen molar-refractivity contribution in [2.45, 2.75) is 33.1 Å². The fourth-order valence-corrected chi connectivity index (χ4v) is 2.94. The van der Waals surface area contributed by atoms with Crippen molar-refractivity contribution in [2.24, 2.45) is 5.92 Å². The van der Waals surface area contributed by atoms with Crippen molar-refractivity contribution in [3.05, 3.63) is 52.6 Å². The Labute approximate surface area is 97.7 Å². The summed E-state index contributed by atoms with van der Waals surface area (Å²) in [5.74, 6) is 0.728. The van der Waals surface area contributed by atoms with Crippen LogP contribution >= 0.6 is 0 Å². The Hall–Kier alpha value is -1.30. The molecule has 0 spiro atoms. The molecule has 0 amide bonds. The summed E-state index contributed by atoms with van der Waals surface area (Å²) >= 11 is 0. The first-order chi connectivity index (χ1) is 7.74. The standard InChI is InChI=1S/C16H18/c1-11-3-7-15-13(9-11)5-6-14-10-12(2)4-8-16(14)15/h3-4,7-9,12H,5-6,10H2,1-2H3. The minimum Gasteiger partial charge on any atom is -0.0808 e. The van der Waals surface area contributed by atoms with Crippen molar-refractivity contribution >= 4 is 5.57 Å². The first-order valence-electron chi connectivity index (χ1n) is 6.24. The molecule has 2 aliphatic carbocycles. The molecule has 0 radical (unpaired) electrons.